The van der Waals surface area contributed by atoms with E-state index in [4.69, 9.17) is 29.6 Å². The molecule has 0 spiro atoms. The van der Waals surface area contributed by atoms with Crippen molar-refractivity contribution in [1.82, 2.24) is 0 Å². The summed E-state index contributed by atoms with van der Waals surface area (Å²) >= 11 is 11.1. The molecule has 0 aliphatic rings. The number of carbonyl (C=O) groups excluding carboxylic acids is 2. The van der Waals surface area contributed by atoms with E-state index < -0.39 is 11.9 Å². The van der Waals surface area contributed by atoms with Gasteiger partial charge in [0.1, 0.15) is 18.1 Å². The topological polar surface area (TPSA) is 81.9 Å². The van der Waals surface area contributed by atoms with Gasteiger partial charge in [-0.1, -0.05) is 29.9 Å². The first-order chi connectivity index (χ1) is 9.90. The van der Waals surface area contributed by atoms with Gasteiger partial charge in [-0.2, -0.15) is 0 Å². The Bertz CT molecular complexity index is 547. The van der Waals surface area contributed by atoms with Crippen LogP contribution in [0.1, 0.15) is 5.56 Å². The molecule has 0 radical (unpaired) electrons. The fraction of sp³-hybridized carbons (Fsp3) is 0.308. The summed E-state index contributed by atoms with van der Waals surface area (Å²) in [6.07, 6.45) is 0. The standard InChI is InChI=1S/C13H15ClN2O4S/c1-19-10(17)6-16(7-11(18)20-2)9-5-3-4-8(14)12(9)13(15)21/h3-5H,6-7H2,1-2H3,(H2,15,21). The highest BCUT2D eigenvalue weighted by molar-refractivity contribution is 7.80. The van der Waals surface area contributed by atoms with Crippen LogP contribution in [0.25, 0.3) is 0 Å². The number of anilines is 1. The summed E-state index contributed by atoms with van der Waals surface area (Å²) in [7, 11) is 2.51. The van der Waals surface area contributed by atoms with E-state index in [9.17, 15) is 9.59 Å². The van der Waals surface area contributed by atoms with Crippen LogP contribution in [0.3, 0.4) is 0 Å². The van der Waals surface area contributed by atoms with Crippen LogP contribution in [-0.2, 0) is 19.1 Å². The van der Waals surface area contributed by atoms with Crippen LogP contribution in [0.2, 0.25) is 5.02 Å². The van der Waals surface area contributed by atoms with Crippen molar-refractivity contribution >= 4 is 46.4 Å². The predicted molar refractivity (Wildman–Crippen MR) is 83.6 cm³/mol. The highest BCUT2D eigenvalue weighted by atomic mass is 35.5. The zero-order chi connectivity index (χ0) is 16.0. The molecule has 114 valence electrons. The van der Waals surface area contributed by atoms with Crippen molar-refractivity contribution in [2.45, 2.75) is 0 Å². The van der Waals surface area contributed by atoms with E-state index in [0.717, 1.165) is 0 Å². The van der Waals surface area contributed by atoms with E-state index in [1.165, 1.54) is 19.1 Å². The Morgan fingerprint density at radius 2 is 1.76 bits per heavy atom. The van der Waals surface area contributed by atoms with Crippen molar-refractivity contribution in [2.24, 2.45) is 5.73 Å². The van der Waals surface area contributed by atoms with Gasteiger partial charge < -0.3 is 20.1 Å². The summed E-state index contributed by atoms with van der Waals surface area (Å²) < 4.78 is 9.24. The average molecular weight is 331 g/mol. The number of nitrogens with two attached hydrogens (primary N) is 1. The first-order valence-electron chi connectivity index (χ1n) is 5.87. The maximum atomic E-state index is 11.5. The van der Waals surface area contributed by atoms with Gasteiger partial charge in [-0.15, -0.1) is 0 Å². The number of ether oxygens (including phenoxy) is 2. The smallest absolute Gasteiger partial charge is 0.325 e. The van der Waals surface area contributed by atoms with Crippen molar-refractivity contribution in [2.75, 3.05) is 32.2 Å². The Morgan fingerprint density at radius 1 is 1.24 bits per heavy atom. The molecule has 21 heavy (non-hydrogen) atoms. The SMILES string of the molecule is COC(=O)CN(CC(=O)OC)c1cccc(Cl)c1C(N)=S. The second-order valence-corrected chi connectivity index (χ2v) is 4.85. The number of hydrogen-bond acceptors (Lipinski definition) is 6. The highest BCUT2D eigenvalue weighted by Crippen LogP contribution is 2.27. The summed E-state index contributed by atoms with van der Waals surface area (Å²) in [6.45, 7) is -0.330. The van der Waals surface area contributed by atoms with Crippen molar-refractivity contribution in [3.63, 3.8) is 0 Å². The minimum absolute atomic E-state index is 0.0651. The second-order valence-electron chi connectivity index (χ2n) is 4.01. The fourth-order valence-electron chi connectivity index (χ4n) is 1.69. The lowest BCUT2D eigenvalue weighted by molar-refractivity contribution is -0.140. The summed E-state index contributed by atoms with van der Waals surface area (Å²) in [5, 5.41) is 0.333. The highest BCUT2D eigenvalue weighted by Gasteiger charge is 2.21. The molecule has 0 amide bonds. The van der Waals surface area contributed by atoms with E-state index in [2.05, 4.69) is 9.47 Å². The number of methoxy groups -OCH3 is 2. The lowest BCUT2D eigenvalue weighted by Crippen LogP contribution is -2.37. The minimum Gasteiger partial charge on any atom is -0.468 e. The molecule has 6 nitrogen and oxygen atoms in total. The lowest BCUT2D eigenvalue weighted by atomic mass is 10.1. The van der Waals surface area contributed by atoms with E-state index in [1.807, 2.05) is 0 Å². The number of thiocarbonyl (C=S) groups is 1. The van der Waals surface area contributed by atoms with E-state index >= 15 is 0 Å². The first-order valence-corrected chi connectivity index (χ1v) is 6.66. The van der Waals surface area contributed by atoms with Crippen LogP contribution in [0.4, 0.5) is 5.69 Å². The molecule has 0 heterocycles. The van der Waals surface area contributed by atoms with Crippen molar-refractivity contribution in [3.8, 4) is 0 Å². The third-order valence-corrected chi connectivity index (χ3v) is 3.19. The molecule has 8 heteroatoms. The zero-order valence-electron chi connectivity index (χ0n) is 11.6. The molecule has 0 fully saturated rings. The van der Waals surface area contributed by atoms with Gasteiger partial charge in [0, 0.05) is 5.69 Å². The van der Waals surface area contributed by atoms with Crippen molar-refractivity contribution in [1.29, 1.82) is 0 Å². The van der Waals surface area contributed by atoms with Gasteiger partial charge in [-0.25, -0.2) is 0 Å². The Balaban J connectivity index is 3.24. The van der Waals surface area contributed by atoms with Crippen LogP contribution in [-0.4, -0.2) is 44.2 Å². The number of halogens is 1. The molecule has 0 aromatic heterocycles. The normalized spacial score (nSPS) is 9.86. The molecular weight excluding hydrogens is 316 g/mol. The number of nitrogens with zero attached hydrogens (tertiary/aromatic N) is 1. The molecule has 1 aromatic rings. The number of rotatable bonds is 6. The van der Waals surface area contributed by atoms with E-state index in [-0.39, 0.29) is 18.1 Å². The molecule has 1 rings (SSSR count). The van der Waals surface area contributed by atoms with E-state index in [1.54, 1.807) is 18.2 Å². The quantitative estimate of drug-likeness (QED) is 0.618. The third kappa shape index (κ3) is 4.57. The van der Waals surface area contributed by atoms with Crippen molar-refractivity contribution in [3.05, 3.63) is 28.8 Å². The van der Waals surface area contributed by atoms with Gasteiger partial charge in [-0.05, 0) is 12.1 Å². The Morgan fingerprint density at radius 3 is 2.19 bits per heavy atom. The number of esters is 2. The number of hydrogen-bond donors (Lipinski definition) is 1. The van der Waals surface area contributed by atoms with Gasteiger partial charge in [0.2, 0.25) is 0 Å². The van der Waals surface area contributed by atoms with Crippen LogP contribution in [0, 0.1) is 0 Å². The first kappa shape index (κ1) is 17.2. The van der Waals surface area contributed by atoms with Crippen molar-refractivity contribution < 1.29 is 19.1 Å². The van der Waals surface area contributed by atoms with Gasteiger partial charge in [0.25, 0.3) is 0 Å². The molecule has 0 aliphatic heterocycles. The van der Waals surface area contributed by atoms with Crippen LogP contribution >= 0.6 is 23.8 Å². The summed E-state index contributed by atoms with van der Waals surface area (Å²) in [5.41, 5.74) is 6.52. The molecule has 1 aromatic carbocycles. The largest absolute Gasteiger partial charge is 0.468 e. The van der Waals surface area contributed by atoms with Crippen LogP contribution in [0.15, 0.2) is 18.2 Å². The molecule has 0 aliphatic carbocycles. The maximum absolute atomic E-state index is 11.5. The summed E-state index contributed by atoms with van der Waals surface area (Å²) in [5.74, 6) is -1.04. The fourth-order valence-corrected chi connectivity index (χ4v) is 2.23. The van der Waals surface area contributed by atoms with Gasteiger partial charge >= 0.3 is 11.9 Å². The maximum Gasteiger partial charge on any atom is 0.325 e. The monoisotopic (exact) mass is 330 g/mol. The summed E-state index contributed by atoms with van der Waals surface area (Å²) in [6, 6.07) is 4.95. The van der Waals surface area contributed by atoms with Gasteiger partial charge in [-0.3, -0.25) is 9.59 Å². The van der Waals surface area contributed by atoms with Crippen LogP contribution < -0.4 is 10.6 Å². The number of benzene rings is 1. The predicted octanol–water partition coefficient (Wildman–Crippen LogP) is 1.13. The minimum atomic E-state index is -0.521. The van der Waals surface area contributed by atoms with Gasteiger partial charge in [0.15, 0.2) is 0 Å². The molecule has 0 saturated heterocycles. The average Bonchev–Trinajstić information content (AvgIpc) is 2.45. The lowest BCUT2D eigenvalue weighted by Gasteiger charge is -2.25. The number of carbonyl (C=O) groups is 2. The molecule has 0 saturated carbocycles. The molecular formula is C13H15ClN2O4S. The Labute approximate surface area is 132 Å². The summed E-state index contributed by atoms with van der Waals surface area (Å²) in [4.78, 5) is 24.5. The molecule has 2 N–H and O–H groups in total. The molecule has 0 bridgehead atoms. The Hall–Kier alpha value is -1.86. The molecule has 0 atom stereocenters. The third-order valence-electron chi connectivity index (χ3n) is 2.67. The second kappa shape index (κ2) is 7.80. The van der Waals surface area contributed by atoms with Gasteiger partial charge in [0.05, 0.1) is 24.8 Å². The van der Waals surface area contributed by atoms with Crippen LogP contribution in [0.5, 0.6) is 0 Å². The molecule has 0 unspecified atom stereocenters. The Kier molecular flexibility index (Phi) is 6.39. The zero-order valence-corrected chi connectivity index (χ0v) is 13.2. The van der Waals surface area contributed by atoms with E-state index in [0.29, 0.717) is 16.3 Å².